The Morgan fingerprint density at radius 3 is 2.67 bits per heavy atom. The molecule has 0 aromatic heterocycles. The van der Waals surface area contributed by atoms with Crippen molar-refractivity contribution in [3.8, 4) is 0 Å². The Bertz CT molecular complexity index is 513. The van der Waals surface area contributed by atoms with Crippen molar-refractivity contribution in [2.24, 2.45) is 0 Å². The van der Waals surface area contributed by atoms with Gasteiger partial charge in [-0.3, -0.25) is 0 Å². The fourth-order valence-corrected chi connectivity index (χ4v) is 3.13. The molecule has 18 heavy (non-hydrogen) atoms. The van der Waals surface area contributed by atoms with Crippen molar-refractivity contribution in [2.45, 2.75) is 22.6 Å². The summed E-state index contributed by atoms with van der Waals surface area (Å²) in [6.07, 6.45) is 2.27. The van der Waals surface area contributed by atoms with Gasteiger partial charge in [-0.1, -0.05) is 58.6 Å². The number of halogens is 2. The van der Waals surface area contributed by atoms with Gasteiger partial charge < -0.3 is 0 Å². The molecule has 0 amide bonds. The Morgan fingerprint density at radius 2 is 1.89 bits per heavy atom. The van der Waals surface area contributed by atoms with Crippen molar-refractivity contribution >= 4 is 34.4 Å². The summed E-state index contributed by atoms with van der Waals surface area (Å²) in [5, 5.41) is 0. The molecule has 2 aromatic carbocycles. The van der Waals surface area contributed by atoms with Gasteiger partial charge in [-0.15, -0.1) is 0 Å². The van der Waals surface area contributed by atoms with Crippen molar-refractivity contribution in [1.82, 2.24) is 0 Å². The van der Waals surface area contributed by atoms with E-state index in [2.05, 4.69) is 40.8 Å². The Morgan fingerprint density at radius 1 is 1.06 bits per heavy atom. The summed E-state index contributed by atoms with van der Waals surface area (Å²) in [6, 6.07) is 15.1. The smallest absolute Gasteiger partial charge is 0.124 e. The van der Waals surface area contributed by atoms with Gasteiger partial charge in [-0.2, -0.15) is 0 Å². The van der Waals surface area contributed by atoms with E-state index in [-0.39, 0.29) is 5.82 Å². The highest BCUT2D eigenvalue weighted by Crippen LogP contribution is 2.31. The number of aryl methyl sites for hydroxylation is 1. The molecule has 0 saturated carbocycles. The van der Waals surface area contributed by atoms with E-state index in [9.17, 15) is 4.39 Å². The average Bonchev–Trinajstić information content (AvgIpc) is 2.38. The molecule has 0 nitrogen and oxygen atoms in total. The fraction of sp³-hybridized carbons (Fsp3) is 0.200. The van der Waals surface area contributed by atoms with Crippen LogP contribution in [-0.4, -0.2) is 4.43 Å². The summed E-state index contributed by atoms with van der Waals surface area (Å²) in [6.45, 7) is 0. The molecule has 0 radical (unpaired) electrons. The van der Waals surface area contributed by atoms with Gasteiger partial charge in [-0.05, 0) is 47.1 Å². The second kappa shape index (κ2) is 7.14. The lowest BCUT2D eigenvalue weighted by atomic mass is 10.1. The molecule has 0 heterocycles. The summed E-state index contributed by atoms with van der Waals surface area (Å²) in [4.78, 5) is 2.19. The van der Waals surface area contributed by atoms with E-state index < -0.39 is 0 Å². The van der Waals surface area contributed by atoms with E-state index >= 15 is 0 Å². The van der Waals surface area contributed by atoms with E-state index in [0.717, 1.165) is 15.7 Å². The minimum absolute atomic E-state index is 0.176. The first-order valence-corrected chi connectivity index (χ1v) is 8.21. The van der Waals surface area contributed by atoms with E-state index in [1.165, 1.54) is 22.9 Å². The van der Waals surface area contributed by atoms with Gasteiger partial charge in [0, 0.05) is 9.79 Å². The number of hydrogen-bond acceptors (Lipinski definition) is 1. The lowest BCUT2D eigenvalue weighted by Crippen LogP contribution is -1.89. The van der Waals surface area contributed by atoms with E-state index in [0.29, 0.717) is 0 Å². The van der Waals surface area contributed by atoms with Crippen LogP contribution >= 0.6 is 34.4 Å². The first-order chi connectivity index (χ1) is 8.79. The Kier molecular flexibility index (Phi) is 5.50. The van der Waals surface area contributed by atoms with Crippen LogP contribution in [0.25, 0.3) is 0 Å². The van der Waals surface area contributed by atoms with Gasteiger partial charge in [0.1, 0.15) is 5.82 Å². The summed E-state index contributed by atoms with van der Waals surface area (Å²) in [5.41, 5.74) is 1.35. The third-order valence-electron chi connectivity index (χ3n) is 2.58. The first-order valence-electron chi connectivity index (χ1n) is 5.87. The summed E-state index contributed by atoms with van der Waals surface area (Å²) < 4.78 is 14.3. The maximum absolute atomic E-state index is 13.2. The summed E-state index contributed by atoms with van der Waals surface area (Å²) in [7, 11) is 0. The van der Waals surface area contributed by atoms with Crippen molar-refractivity contribution in [1.29, 1.82) is 0 Å². The molecule has 0 saturated heterocycles. The minimum Gasteiger partial charge on any atom is -0.207 e. The van der Waals surface area contributed by atoms with Gasteiger partial charge in [0.05, 0.1) is 0 Å². The van der Waals surface area contributed by atoms with Crippen molar-refractivity contribution in [3.63, 3.8) is 0 Å². The molecule has 94 valence electrons. The van der Waals surface area contributed by atoms with Crippen molar-refractivity contribution in [3.05, 3.63) is 59.9 Å². The zero-order chi connectivity index (χ0) is 12.8. The molecule has 2 aromatic rings. The molecular weight excluding hydrogens is 358 g/mol. The lowest BCUT2D eigenvalue weighted by molar-refractivity contribution is 0.624. The van der Waals surface area contributed by atoms with Crippen molar-refractivity contribution < 1.29 is 4.39 Å². The first kappa shape index (κ1) is 13.9. The highest BCUT2D eigenvalue weighted by molar-refractivity contribution is 14.1. The second-order valence-electron chi connectivity index (χ2n) is 3.96. The molecule has 0 unspecified atom stereocenters. The summed E-state index contributed by atoms with van der Waals surface area (Å²) in [5.74, 6) is -0.176. The second-order valence-corrected chi connectivity index (χ2v) is 6.15. The van der Waals surface area contributed by atoms with Crippen LogP contribution in [0, 0.1) is 5.82 Å². The van der Waals surface area contributed by atoms with Gasteiger partial charge in [0.2, 0.25) is 0 Å². The molecule has 0 aliphatic rings. The van der Waals surface area contributed by atoms with Crippen LogP contribution < -0.4 is 0 Å². The molecule has 3 heteroatoms. The monoisotopic (exact) mass is 372 g/mol. The van der Waals surface area contributed by atoms with Gasteiger partial charge in [0.15, 0.2) is 0 Å². The van der Waals surface area contributed by atoms with E-state index in [4.69, 9.17) is 0 Å². The minimum atomic E-state index is -0.176. The molecule has 0 fully saturated rings. The molecular formula is C15H14FIS. The zero-order valence-electron chi connectivity index (χ0n) is 9.90. The fourth-order valence-electron chi connectivity index (χ4n) is 1.72. The highest BCUT2D eigenvalue weighted by atomic mass is 127. The van der Waals surface area contributed by atoms with Crippen LogP contribution in [0.3, 0.4) is 0 Å². The quantitative estimate of drug-likeness (QED) is 0.504. The number of rotatable bonds is 5. The van der Waals surface area contributed by atoms with Crippen molar-refractivity contribution in [2.75, 3.05) is 4.43 Å². The third-order valence-corrected chi connectivity index (χ3v) is 4.45. The highest BCUT2D eigenvalue weighted by Gasteiger charge is 2.04. The predicted octanol–water partition coefficient (Wildman–Crippen LogP) is 5.34. The third kappa shape index (κ3) is 3.99. The van der Waals surface area contributed by atoms with Gasteiger partial charge in [0.25, 0.3) is 0 Å². The maximum atomic E-state index is 13.2. The van der Waals surface area contributed by atoms with Gasteiger partial charge in [-0.25, -0.2) is 4.39 Å². The predicted molar refractivity (Wildman–Crippen MR) is 84.2 cm³/mol. The SMILES string of the molecule is Fc1cccc(Sc2ccccc2CCCI)c1. The van der Waals surface area contributed by atoms with E-state index in [1.54, 1.807) is 23.9 Å². The Hall–Kier alpha value is -0.550. The normalized spacial score (nSPS) is 10.6. The number of benzene rings is 2. The average molecular weight is 372 g/mol. The van der Waals surface area contributed by atoms with Crippen LogP contribution in [0.15, 0.2) is 58.3 Å². The molecule has 2 rings (SSSR count). The Labute approximate surface area is 125 Å². The lowest BCUT2D eigenvalue weighted by Gasteiger charge is -2.08. The van der Waals surface area contributed by atoms with Crippen LogP contribution in [0.2, 0.25) is 0 Å². The topological polar surface area (TPSA) is 0 Å². The summed E-state index contributed by atoms with van der Waals surface area (Å²) >= 11 is 4.03. The molecule has 0 atom stereocenters. The maximum Gasteiger partial charge on any atom is 0.124 e. The standard InChI is InChI=1S/C15H14FIS/c16-13-7-3-8-14(11-13)18-15-9-2-1-5-12(15)6-4-10-17/h1-3,5,7-9,11H,4,6,10H2. The molecule has 0 aliphatic heterocycles. The molecule has 0 N–H and O–H groups in total. The van der Waals surface area contributed by atoms with Crippen LogP contribution in [0.4, 0.5) is 4.39 Å². The number of hydrogen-bond donors (Lipinski definition) is 0. The van der Waals surface area contributed by atoms with Crippen LogP contribution in [-0.2, 0) is 6.42 Å². The molecule has 0 bridgehead atoms. The van der Waals surface area contributed by atoms with E-state index in [1.807, 2.05) is 12.1 Å². The zero-order valence-corrected chi connectivity index (χ0v) is 12.9. The van der Waals surface area contributed by atoms with Crippen LogP contribution in [0.5, 0.6) is 0 Å². The number of alkyl halides is 1. The largest absolute Gasteiger partial charge is 0.207 e. The van der Waals surface area contributed by atoms with Crippen LogP contribution in [0.1, 0.15) is 12.0 Å². The van der Waals surface area contributed by atoms with Gasteiger partial charge >= 0.3 is 0 Å². The Balaban J connectivity index is 2.17. The molecule has 0 aliphatic carbocycles. The molecule has 0 spiro atoms.